The third kappa shape index (κ3) is 3.20. The first kappa shape index (κ1) is 14.2. The molecule has 0 fully saturated rings. The molecule has 0 saturated carbocycles. The first-order chi connectivity index (χ1) is 8.95. The van der Waals surface area contributed by atoms with E-state index in [4.69, 9.17) is 4.42 Å². The zero-order valence-corrected chi connectivity index (χ0v) is 11.7. The Morgan fingerprint density at radius 3 is 1.74 bits per heavy atom. The summed E-state index contributed by atoms with van der Waals surface area (Å²) >= 11 is 0. The largest absolute Gasteiger partial charge is 1.00 e. The Balaban J connectivity index is 0.00000133. The minimum absolute atomic E-state index is 0. The van der Waals surface area contributed by atoms with Gasteiger partial charge in [0.15, 0.2) is 0 Å². The van der Waals surface area contributed by atoms with Gasteiger partial charge < -0.3 is 4.42 Å². The van der Waals surface area contributed by atoms with Crippen molar-refractivity contribution in [3.05, 3.63) is 79.1 Å². The van der Waals surface area contributed by atoms with Crippen LogP contribution in [-0.4, -0.2) is 0 Å². The second kappa shape index (κ2) is 6.78. The summed E-state index contributed by atoms with van der Waals surface area (Å²) in [5, 5.41) is 2.59. The van der Waals surface area contributed by atoms with E-state index in [9.17, 15) is 0 Å². The molecule has 1 nitrogen and oxygen atoms in total. The van der Waals surface area contributed by atoms with Crippen molar-refractivity contribution >= 4 is 24.0 Å². The van der Waals surface area contributed by atoms with Gasteiger partial charge in [0.2, 0.25) is 0 Å². The van der Waals surface area contributed by atoms with Crippen molar-refractivity contribution < 1.29 is 23.3 Å². The molecule has 1 aromatic heterocycles. The van der Waals surface area contributed by atoms with E-state index in [0.717, 1.165) is 5.50 Å². The molecule has 0 saturated heterocycles. The molecule has 0 aliphatic rings. The van der Waals surface area contributed by atoms with Crippen molar-refractivity contribution in [1.29, 1.82) is 0 Å². The molecular weight excluding hydrogens is 246 g/mol. The fraction of sp³-hybridized carbons (Fsp3) is 0. The van der Waals surface area contributed by atoms with E-state index in [0.29, 0.717) is 0 Å². The van der Waals surface area contributed by atoms with Crippen LogP contribution >= 0.6 is 7.92 Å². The van der Waals surface area contributed by atoms with E-state index >= 15 is 0 Å². The van der Waals surface area contributed by atoms with E-state index in [2.05, 4.69) is 54.6 Å². The average molecular weight is 258 g/mol. The molecule has 3 heteroatoms. The summed E-state index contributed by atoms with van der Waals surface area (Å²) in [6.45, 7) is 0. The van der Waals surface area contributed by atoms with Gasteiger partial charge >= 0.3 is 18.9 Å². The van der Waals surface area contributed by atoms with Crippen LogP contribution < -0.4 is 35.0 Å². The average Bonchev–Trinajstić information content (AvgIpc) is 2.95. The monoisotopic (exact) mass is 258 g/mol. The van der Waals surface area contributed by atoms with Crippen LogP contribution in [0, 0.1) is 6.07 Å². The Kier molecular flexibility index (Phi) is 5.05. The van der Waals surface area contributed by atoms with Gasteiger partial charge in [-0.2, -0.15) is 6.07 Å². The molecule has 1 heterocycles. The van der Waals surface area contributed by atoms with Crippen LogP contribution in [0.1, 0.15) is 0 Å². The molecule has 0 N–H and O–H groups in total. The molecule has 0 unspecified atom stereocenters. The molecule has 2 aromatic carbocycles. The molecule has 19 heavy (non-hydrogen) atoms. The van der Waals surface area contributed by atoms with Gasteiger partial charge in [0.25, 0.3) is 0 Å². The molecule has 0 aliphatic carbocycles. The SMILES string of the molecule is [Li+].[c-]1coc(P(c2ccccc2)c2ccccc2)c1. The minimum Gasteiger partial charge on any atom is -0.568 e. The number of benzene rings is 2. The van der Waals surface area contributed by atoms with Gasteiger partial charge in [0.05, 0.1) is 0 Å². The summed E-state index contributed by atoms with van der Waals surface area (Å²) < 4.78 is 5.58. The van der Waals surface area contributed by atoms with Gasteiger partial charge in [0.1, 0.15) is 0 Å². The van der Waals surface area contributed by atoms with E-state index in [-0.39, 0.29) is 18.9 Å². The van der Waals surface area contributed by atoms with Gasteiger partial charge in [-0.25, -0.2) is 6.07 Å². The Morgan fingerprint density at radius 1 is 0.789 bits per heavy atom. The third-order valence-corrected chi connectivity index (χ3v) is 5.01. The van der Waals surface area contributed by atoms with Crippen LogP contribution in [0.15, 0.2) is 77.4 Å². The van der Waals surface area contributed by atoms with Crippen LogP contribution in [0.4, 0.5) is 0 Å². The third-order valence-electron chi connectivity index (χ3n) is 2.70. The summed E-state index contributed by atoms with van der Waals surface area (Å²) in [5.41, 5.74) is 0.988. The zero-order chi connectivity index (χ0) is 12.2. The smallest absolute Gasteiger partial charge is 0.568 e. The summed E-state index contributed by atoms with van der Waals surface area (Å²) in [7, 11) is -0.607. The van der Waals surface area contributed by atoms with Crippen LogP contribution in [0.2, 0.25) is 0 Å². The van der Waals surface area contributed by atoms with E-state index in [1.807, 2.05) is 18.2 Å². The van der Waals surface area contributed by atoms with Crippen LogP contribution in [-0.2, 0) is 0 Å². The number of hydrogen-bond acceptors (Lipinski definition) is 1. The van der Waals surface area contributed by atoms with E-state index in [1.165, 1.54) is 10.6 Å². The number of hydrogen-bond donors (Lipinski definition) is 0. The molecule has 88 valence electrons. The first-order valence-corrected chi connectivity index (χ1v) is 7.14. The fourth-order valence-corrected chi connectivity index (χ4v) is 4.02. The van der Waals surface area contributed by atoms with Crippen LogP contribution in [0.25, 0.3) is 0 Å². The normalized spacial score (nSPS) is 10.2. The van der Waals surface area contributed by atoms with Gasteiger partial charge in [-0.1, -0.05) is 68.6 Å². The molecular formula is C16H12LiOP. The standard InChI is InChI=1S/C16H12OP.Li/c1-3-8-14(9-4-1)18(16-12-7-13-17-16)15-10-5-2-6-11-15;/h1-6,8-13H;/q-1;+1. The minimum atomic E-state index is -0.607. The topological polar surface area (TPSA) is 13.1 Å². The summed E-state index contributed by atoms with van der Waals surface area (Å²) in [4.78, 5) is 0. The van der Waals surface area contributed by atoms with E-state index in [1.54, 1.807) is 6.26 Å². The predicted octanol–water partition coefficient (Wildman–Crippen LogP) is -0.158. The molecule has 0 atom stereocenters. The van der Waals surface area contributed by atoms with Gasteiger partial charge in [-0.15, -0.1) is 0 Å². The maximum atomic E-state index is 5.58. The zero-order valence-electron chi connectivity index (χ0n) is 10.8. The Hall–Kier alpha value is -1.25. The van der Waals surface area contributed by atoms with Crippen molar-refractivity contribution in [1.82, 2.24) is 0 Å². The summed E-state index contributed by atoms with van der Waals surface area (Å²) in [6, 6.07) is 25.9. The quantitative estimate of drug-likeness (QED) is 0.361. The fourth-order valence-electron chi connectivity index (χ4n) is 1.91. The number of furan rings is 1. The second-order valence-corrected chi connectivity index (χ2v) is 6.04. The van der Waals surface area contributed by atoms with Crippen molar-refractivity contribution in [2.45, 2.75) is 0 Å². The van der Waals surface area contributed by atoms with Gasteiger partial charge in [-0.3, -0.25) is 0 Å². The molecule has 0 aliphatic heterocycles. The van der Waals surface area contributed by atoms with Gasteiger partial charge in [-0.05, 0) is 22.4 Å². The molecule has 0 radical (unpaired) electrons. The molecule has 0 spiro atoms. The Morgan fingerprint density at radius 2 is 1.32 bits per heavy atom. The summed E-state index contributed by atoms with van der Waals surface area (Å²) in [5.74, 6) is 0. The summed E-state index contributed by atoms with van der Waals surface area (Å²) in [6.07, 6.45) is 1.62. The van der Waals surface area contributed by atoms with Crippen molar-refractivity contribution in [3.8, 4) is 0 Å². The van der Waals surface area contributed by atoms with Gasteiger partial charge in [0, 0.05) is 0 Å². The first-order valence-electron chi connectivity index (χ1n) is 5.80. The maximum absolute atomic E-state index is 5.58. The number of rotatable bonds is 3. The second-order valence-electron chi connectivity index (χ2n) is 3.89. The Labute approximate surface area is 126 Å². The molecule has 3 aromatic rings. The molecule has 0 amide bonds. The predicted molar refractivity (Wildman–Crippen MR) is 76.3 cm³/mol. The van der Waals surface area contributed by atoms with Crippen LogP contribution in [0.3, 0.4) is 0 Å². The molecule has 3 rings (SSSR count). The van der Waals surface area contributed by atoms with Crippen molar-refractivity contribution in [2.24, 2.45) is 0 Å². The molecule has 0 bridgehead atoms. The van der Waals surface area contributed by atoms with Crippen molar-refractivity contribution in [2.75, 3.05) is 0 Å². The van der Waals surface area contributed by atoms with Crippen LogP contribution in [0.5, 0.6) is 0 Å². The van der Waals surface area contributed by atoms with E-state index < -0.39 is 7.92 Å². The maximum Gasteiger partial charge on any atom is 1.00 e. The van der Waals surface area contributed by atoms with Crippen molar-refractivity contribution in [3.63, 3.8) is 0 Å². The Bertz CT molecular complexity index is 554.